The van der Waals surface area contributed by atoms with Gasteiger partial charge >= 0.3 is 0 Å². The Morgan fingerprint density at radius 3 is 2.80 bits per heavy atom. The summed E-state index contributed by atoms with van der Waals surface area (Å²) < 4.78 is 13.3. The molecule has 0 atom stereocenters. The van der Waals surface area contributed by atoms with E-state index in [0.717, 1.165) is 0 Å². The topological polar surface area (TPSA) is 61.8 Å². The lowest BCUT2D eigenvalue weighted by Crippen LogP contribution is -2.25. The average molecular weight is 211 g/mol. The summed E-state index contributed by atoms with van der Waals surface area (Å²) in [6, 6.07) is 6.48. The molecule has 0 aliphatic rings. The molecule has 0 fully saturated rings. The van der Waals surface area contributed by atoms with Crippen LogP contribution in [-0.4, -0.2) is 24.6 Å². The highest BCUT2D eigenvalue weighted by Crippen LogP contribution is 2.16. The van der Waals surface area contributed by atoms with Gasteiger partial charge in [-0.15, -0.1) is 0 Å². The number of halogens is 1. The number of para-hydroxylation sites is 1. The molecule has 4 nitrogen and oxygen atoms in total. The summed E-state index contributed by atoms with van der Waals surface area (Å²) >= 11 is 0. The Morgan fingerprint density at radius 2 is 2.20 bits per heavy atom. The molecule has 0 aliphatic carbocycles. The minimum atomic E-state index is -0.278. The number of amidine groups is 1. The van der Waals surface area contributed by atoms with Gasteiger partial charge in [-0.3, -0.25) is 0 Å². The minimum Gasteiger partial charge on any atom is -0.409 e. The Hall–Kier alpha value is -1.78. The minimum absolute atomic E-state index is 0.137. The van der Waals surface area contributed by atoms with Gasteiger partial charge in [0.05, 0.1) is 5.69 Å². The SMILES string of the molecule is CN(CCC(N)=NO)c1ccccc1F. The largest absolute Gasteiger partial charge is 0.409 e. The molecular weight excluding hydrogens is 197 g/mol. The van der Waals surface area contributed by atoms with Gasteiger partial charge in [-0.05, 0) is 12.1 Å². The van der Waals surface area contributed by atoms with Crippen molar-refractivity contribution in [2.24, 2.45) is 10.9 Å². The molecule has 0 aliphatic heterocycles. The van der Waals surface area contributed by atoms with Crippen molar-refractivity contribution >= 4 is 11.5 Å². The summed E-state index contributed by atoms with van der Waals surface area (Å²) in [4.78, 5) is 1.72. The van der Waals surface area contributed by atoms with Crippen LogP contribution in [0.2, 0.25) is 0 Å². The van der Waals surface area contributed by atoms with Crippen molar-refractivity contribution in [3.63, 3.8) is 0 Å². The van der Waals surface area contributed by atoms with Gasteiger partial charge in [0.2, 0.25) is 0 Å². The van der Waals surface area contributed by atoms with Crippen molar-refractivity contribution in [2.45, 2.75) is 6.42 Å². The predicted molar refractivity (Wildman–Crippen MR) is 57.7 cm³/mol. The molecule has 82 valence electrons. The highest BCUT2D eigenvalue weighted by molar-refractivity contribution is 5.80. The fourth-order valence-electron chi connectivity index (χ4n) is 1.21. The van der Waals surface area contributed by atoms with Crippen LogP contribution in [0.25, 0.3) is 0 Å². The van der Waals surface area contributed by atoms with Gasteiger partial charge in [0.25, 0.3) is 0 Å². The maximum atomic E-state index is 13.3. The molecule has 0 amide bonds. The molecule has 0 unspecified atom stereocenters. The average Bonchev–Trinajstić information content (AvgIpc) is 2.26. The second kappa shape index (κ2) is 5.19. The lowest BCUT2D eigenvalue weighted by atomic mass is 10.2. The van der Waals surface area contributed by atoms with Crippen LogP contribution in [0.5, 0.6) is 0 Å². The Bertz CT molecular complexity index is 354. The molecular formula is C10H14FN3O. The molecule has 0 saturated carbocycles. The van der Waals surface area contributed by atoms with E-state index < -0.39 is 0 Å². The molecule has 15 heavy (non-hydrogen) atoms. The Balaban J connectivity index is 2.61. The zero-order valence-electron chi connectivity index (χ0n) is 8.52. The van der Waals surface area contributed by atoms with Crippen LogP contribution in [-0.2, 0) is 0 Å². The number of hydrogen-bond donors (Lipinski definition) is 2. The molecule has 3 N–H and O–H groups in total. The van der Waals surface area contributed by atoms with Gasteiger partial charge in [-0.2, -0.15) is 0 Å². The highest BCUT2D eigenvalue weighted by Gasteiger charge is 2.06. The molecule has 0 bridgehead atoms. The van der Waals surface area contributed by atoms with Gasteiger partial charge < -0.3 is 15.8 Å². The van der Waals surface area contributed by atoms with Crippen molar-refractivity contribution in [2.75, 3.05) is 18.5 Å². The van der Waals surface area contributed by atoms with Crippen LogP contribution in [0.4, 0.5) is 10.1 Å². The quantitative estimate of drug-likeness (QED) is 0.342. The van der Waals surface area contributed by atoms with E-state index in [9.17, 15) is 4.39 Å². The smallest absolute Gasteiger partial charge is 0.146 e. The maximum Gasteiger partial charge on any atom is 0.146 e. The summed E-state index contributed by atoms with van der Waals surface area (Å²) in [6.45, 7) is 0.497. The van der Waals surface area contributed by atoms with Gasteiger partial charge in [0.15, 0.2) is 0 Å². The van der Waals surface area contributed by atoms with E-state index in [1.807, 2.05) is 0 Å². The van der Waals surface area contributed by atoms with Crippen LogP contribution in [0.1, 0.15) is 6.42 Å². The molecule has 0 spiro atoms. The number of hydrogen-bond acceptors (Lipinski definition) is 3. The number of oxime groups is 1. The van der Waals surface area contributed by atoms with E-state index >= 15 is 0 Å². The summed E-state index contributed by atoms with van der Waals surface area (Å²) in [6.07, 6.45) is 0.390. The lowest BCUT2D eigenvalue weighted by molar-refractivity contribution is 0.317. The number of rotatable bonds is 4. The first-order valence-electron chi connectivity index (χ1n) is 4.57. The maximum absolute atomic E-state index is 13.3. The van der Waals surface area contributed by atoms with E-state index in [1.54, 1.807) is 30.1 Å². The molecule has 0 aromatic heterocycles. The van der Waals surface area contributed by atoms with Gasteiger partial charge in [0, 0.05) is 20.0 Å². The van der Waals surface area contributed by atoms with E-state index in [2.05, 4.69) is 5.16 Å². The summed E-state index contributed by atoms with van der Waals surface area (Å²) in [5, 5.41) is 11.2. The van der Waals surface area contributed by atoms with Crippen molar-refractivity contribution in [3.05, 3.63) is 30.1 Å². The molecule has 5 heteroatoms. The Labute approximate surface area is 87.8 Å². The van der Waals surface area contributed by atoms with Gasteiger partial charge in [0.1, 0.15) is 11.7 Å². The number of anilines is 1. The molecule has 0 radical (unpaired) electrons. The van der Waals surface area contributed by atoms with Gasteiger partial charge in [-0.1, -0.05) is 17.3 Å². The first-order chi connectivity index (χ1) is 7.15. The molecule has 1 aromatic carbocycles. The number of nitrogens with zero attached hydrogens (tertiary/aromatic N) is 2. The van der Waals surface area contributed by atoms with Crippen molar-refractivity contribution < 1.29 is 9.60 Å². The van der Waals surface area contributed by atoms with Crippen LogP contribution < -0.4 is 10.6 Å². The van der Waals surface area contributed by atoms with Crippen LogP contribution in [0.3, 0.4) is 0 Å². The van der Waals surface area contributed by atoms with Crippen LogP contribution >= 0.6 is 0 Å². The lowest BCUT2D eigenvalue weighted by Gasteiger charge is -2.19. The first kappa shape index (κ1) is 11.3. The Morgan fingerprint density at radius 1 is 1.53 bits per heavy atom. The first-order valence-corrected chi connectivity index (χ1v) is 4.57. The second-order valence-corrected chi connectivity index (χ2v) is 3.21. The third kappa shape index (κ3) is 3.12. The highest BCUT2D eigenvalue weighted by atomic mass is 19.1. The number of benzene rings is 1. The predicted octanol–water partition coefficient (Wildman–Crippen LogP) is 1.40. The number of nitrogens with two attached hydrogens (primary N) is 1. The third-order valence-electron chi connectivity index (χ3n) is 2.10. The third-order valence-corrected chi connectivity index (χ3v) is 2.10. The summed E-state index contributed by atoms with van der Waals surface area (Å²) in [5.74, 6) is -0.141. The molecule has 1 aromatic rings. The van der Waals surface area contributed by atoms with Crippen molar-refractivity contribution in [1.82, 2.24) is 0 Å². The summed E-state index contributed by atoms with van der Waals surface area (Å²) in [5.41, 5.74) is 5.82. The Kier molecular flexibility index (Phi) is 3.91. The van der Waals surface area contributed by atoms with E-state index in [-0.39, 0.29) is 11.7 Å². The zero-order chi connectivity index (χ0) is 11.3. The molecule has 0 heterocycles. The normalized spacial score (nSPS) is 11.5. The van der Waals surface area contributed by atoms with Gasteiger partial charge in [-0.25, -0.2) is 4.39 Å². The summed E-state index contributed by atoms with van der Waals surface area (Å²) in [7, 11) is 1.75. The van der Waals surface area contributed by atoms with Crippen molar-refractivity contribution in [3.8, 4) is 0 Å². The van der Waals surface area contributed by atoms with Crippen molar-refractivity contribution in [1.29, 1.82) is 0 Å². The van der Waals surface area contributed by atoms with E-state index in [0.29, 0.717) is 18.7 Å². The fourth-order valence-corrected chi connectivity index (χ4v) is 1.21. The van der Waals surface area contributed by atoms with E-state index in [4.69, 9.17) is 10.9 Å². The molecule has 0 saturated heterocycles. The molecule has 1 rings (SSSR count). The fraction of sp³-hybridized carbons (Fsp3) is 0.300. The standard InChI is InChI=1S/C10H14FN3O/c1-14(7-6-10(12)13-15)9-5-3-2-4-8(9)11/h2-5,15H,6-7H2,1H3,(H2,12,13). The van der Waals surface area contributed by atoms with Crippen LogP contribution in [0.15, 0.2) is 29.4 Å². The zero-order valence-corrected chi connectivity index (χ0v) is 8.52. The van der Waals surface area contributed by atoms with E-state index in [1.165, 1.54) is 6.07 Å². The monoisotopic (exact) mass is 211 g/mol. The second-order valence-electron chi connectivity index (χ2n) is 3.21. The van der Waals surface area contributed by atoms with Crippen LogP contribution in [0, 0.1) is 5.82 Å².